The summed E-state index contributed by atoms with van der Waals surface area (Å²) in [7, 11) is 0. The predicted molar refractivity (Wildman–Crippen MR) is 131 cm³/mol. The molecule has 1 aromatic carbocycles. The number of aromatic nitrogens is 3. The minimum atomic E-state index is -6.24. The number of nitrogens with two attached hydrogens (primary N) is 1. The molecule has 0 radical (unpaired) electrons. The Kier molecular flexibility index (Phi) is 7.86. The van der Waals surface area contributed by atoms with E-state index in [1.165, 1.54) is 16.9 Å². The Bertz CT molecular complexity index is 1520. The standard InChI is InChI=1S/C25H24F8N6O3/c1-3-13-14(5-12(6-15(13)26)18-4-11(2)20-21(34)35-10-36-39(18)20)22(41)37-17-9-38(8-16(17)27)19(40)7-23(42,24(28,29)30)25(31,32)33/h4-6,10,16-17,42H,3,7-9H2,1-2H3,(H,37,41)(H2,34,35,36)/t16-,17+/m0/s1. The van der Waals surface area contributed by atoms with Gasteiger partial charge in [-0.1, -0.05) is 6.92 Å². The SMILES string of the molecule is CCc1c(F)cc(-c2cc(C)c3c(N)ncnn23)cc1C(=O)N[C@@H]1CN(C(=O)CC(O)(C(F)(F)F)C(F)(F)F)C[C@@H]1F. The third-order valence-electron chi connectivity index (χ3n) is 7.13. The molecule has 4 N–H and O–H groups in total. The van der Waals surface area contributed by atoms with E-state index in [0.29, 0.717) is 21.7 Å². The van der Waals surface area contributed by atoms with E-state index in [0.717, 1.165) is 6.07 Å². The molecule has 2 amide bonds. The number of aliphatic hydroxyl groups is 1. The quantitative estimate of drug-likeness (QED) is 0.368. The van der Waals surface area contributed by atoms with Gasteiger partial charge in [-0.15, -0.1) is 0 Å². The van der Waals surface area contributed by atoms with E-state index in [4.69, 9.17) is 5.73 Å². The van der Waals surface area contributed by atoms with Crippen LogP contribution in [-0.2, 0) is 11.2 Å². The highest BCUT2D eigenvalue weighted by atomic mass is 19.4. The van der Waals surface area contributed by atoms with E-state index in [1.807, 2.05) is 0 Å². The van der Waals surface area contributed by atoms with Crippen molar-refractivity contribution in [3.05, 3.63) is 47.0 Å². The monoisotopic (exact) mass is 608 g/mol. The number of benzene rings is 1. The first-order valence-electron chi connectivity index (χ1n) is 12.4. The zero-order valence-electron chi connectivity index (χ0n) is 21.9. The van der Waals surface area contributed by atoms with Crippen LogP contribution in [0.15, 0.2) is 24.5 Å². The van der Waals surface area contributed by atoms with Crippen LogP contribution in [0.3, 0.4) is 0 Å². The van der Waals surface area contributed by atoms with Crippen molar-refractivity contribution in [2.75, 3.05) is 18.8 Å². The molecule has 4 rings (SSSR count). The molecule has 0 saturated carbocycles. The van der Waals surface area contributed by atoms with Crippen molar-refractivity contribution < 1.29 is 49.8 Å². The maximum atomic E-state index is 15.2. The molecule has 1 fully saturated rings. The second kappa shape index (κ2) is 10.7. The predicted octanol–water partition coefficient (Wildman–Crippen LogP) is 3.51. The van der Waals surface area contributed by atoms with E-state index in [2.05, 4.69) is 15.4 Å². The number of amides is 2. The zero-order valence-corrected chi connectivity index (χ0v) is 21.9. The number of nitrogen functional groups attached to an aromatic ring is 1. The number of halogens is 8. The summed E-state index contributed by atoms with van der Waals surface area (Å²) in [6.07, 6.45) is -15.8. The Labute approximate surface area is 232 Å². The highest BCUT2D eigenvalue weighted by Gasteiger charge is 2.71. The summed E-state index contributed by atoms with van der Waals surface area (Å²) in [5.41, 5.74) is 1.91. The second-order valence-electron chi connectivity index (χ2n) is 9.88. The van der Waals surface area contributed by atoms with Crippen molar-refractivity contribution in [3.63, 3.8) is 0 Å². The molecule has 9 nitrogen and oxygen atoms in total. The number of carbonyl (C=O) groups excluding carboxylic acids is 2. The molecule has 17 heteroatoms. The third kappa shape index (κ3) is 5.32. The van der Waals surface area contributed by atoms with E-state index in [1.54, 1.807) is 19.9 Å². The second-order valence-corrected chi connectivity index (χ2v) is 9.88. The molecule has 1 saturated heterocycles. The lowest BCUT2D eigenvalue weighted by Crippen LogP contribution is -2.59. The number of carbonyl (C=O) groups is 2. The van der Waals surface area contributed by atoms with Gasteiger partial charge in [-0.25, -0.2) is 18.3 Å². The third-order valence-corrected chi connectivity index (χ3v) is 7.13. The first-order valence-corrected chi connectivity index (χ1v) is 12.4. The maximum absolute atomic E-state index is 15.2. The highest BCUT2D eigenvalue weighted by molar-refractivity contribution is 5.97. The lowest BCUT2D eigenvalue weighted by molar-refractivity contribution is -0.367. The van der Waals surface area contributed by atoms with Gasteiger partial charge in [0.25, 0.3) is 11.5 Å². The Balaban J connectivity index is 1.59. The molecule has 3 aromatic rings. The van der Waals surface area contributed by atoms with E-state index in [9.17, 15) is 45.4 Å². The highest BCUT2D eigenvalue weighted by Crippen LogP contribution is 2.45. The first kappa shape index (κ1) is 30.9. The molecule has 0 bridgehead atoms. The minimum Gasteiger partial charge on any atom is -0.382 e. The van der Waals surface area contributed by atoms with Crippen LogP contribution < -0.4 is 11.1 Å². The summed E-state index contributed by atoms with van der Waals surface area (Å²) >= 11 is 0. The van der Waals surface area contributed by atoms with Gasteiger partial charge in [0.1, 0.15) is 23.8 Å². The van der Waals surface area contributed by atoms with Crippen LogP contribution in [0.5, 0.6) is 0 Å². The van der Waals surface area contributed by atoms with Gasteiger partial charge in [-0.2, -0.15) is 31.4 Å². The number of likely N-dealkylation sites (tertiary alicyclic amines) is 1. The summed E-state index contributed by atoms with van der Waals surface area (Å²) in [6, 6.07) is 2.55. The lowest BCUT2D eigenvalue weighted by Gasteiger charge is -2.32. The summed E-state index contributed by atoms with van der Waals surface area (Å²) in [4.78, 5) is 29.8. The molecule has 3 heterocycles. The molecule has 42 heavy (non-hydrogen) atoms. The number of nitrogens with zero attached hydrogens (tertiary/aromatic N) is 4. The number of hydrogen-bond acceptors (Lipinski definition) is 6. The average molecular weight is 608 g/mol. The molecule has 1 aliphatic heterocycles. The van der Waals surface area contributed by atoms with Crippen LogP contribution in [0.1, 0.15) is 34.8 Å². The Hall–Kier alpha value is -4.02. The number of nitrogens with one attached hydrogen (secondary N) is 1. The molecule has 0 spiro atoms. The van der Waals surface area contributed by atoms with Gasteiger partial charge in [-0.05, 0) is 37.1 Å². The van der Waals surface area contributed by atoms with Gasteiger partial charge in [-0.3, -0.25) is 9.59 Å². The number of fused-ring (bicyclic) bond motifs is 1. The molecule has 228 valence electrons. The number of aryl methyl sites for hydroxylation is 1. The van der Waals surface area contributed by atoms with Crippen LogP contribution in [0, 0.1) is 12.7 Å². The fraction of sp³-hybridized carbons (Fsp3) is 0.440. The van der Waals surface area contributed by atoms with Crippen LogP contribution in [0.25, 0.3) is 16.8 Å². The molecule has 2 aromatic heterocycles. The van der Waals surface area contributed by atoms with Gasteiger partial charge in [0.2, 0.25) is 5.91 Å². The fourth-order valence-corrected chi connectivity index (χ4v) is 4.85. The number of rotatable bonds is 6. The summed E-state index contributed by atoms with van der Waals surface area (Å²) in [6.45, 7) is 1.53. The number of anilines is 1. The van der Waals surface area contributed by atoms with Gasteiger partial charge < -0.3 is 21.1 Å². The zero-order chi connectivity index (χ0) is 31.4. The van der Waals surface area contributed by atoms with Crippen LogP contribution in [0.2, 0.25) is 0 Å². The van der Waals surface area contributed by atoms with Crippen molar-refractivity contribution in [1.29, 1.82) is 0 Å². The van der Waals surface area contributed by atoms with Gasteiger partial charge in [0, 0.05) is 23.2 Å². The van der Waals surface area contributed by atoms with Crippen LogP contribution in [0.4, 0.5) is 40.9 Å². The van der Waals surface area contributed by atoms with Crippen molar-refractivity contribution in [3.8, 4) is 11.3 Å². The maximum Gasteiger partial charge on any atom is 0.426 e. The van der Waals surface area contributed by atoms with E-state index in [-0.39, 0.29) is 28.9 Å². The van der Waals surface area contributed by atoms with Crippen molar-refractivity contribution in [2.24, 2.45) is 0 Å². The van der Waals surface area contributed by atoms with Gasteiger partial charge in [0.15, 0.2) is 5.82 Å². The van der Waals surface area contributed by atoms with Crippen molar-refractivity contribution in [2.45, 2.75) is 56.9 Å². The average Bonchev–Trinajstić information content (AvgIpc) is 3.42. The number of hydrogen-bond donors (Lipinski definition) is 3. The fourth-order valence-electron chi connectivity index (χ4n) is 4.85. The summed E-state index contributed by atoms with van der Waals surface area (Å²) in [5.74, 6) is -3.46. The molecule has 0 aliphatic carbocycles. The smallest absolute Gasteiger partial charge is 0.382 e. The van der Waals surface area contributed by atoms with Crippen molar-refractivity contribution >= 4 is 23.1 Å². The molecule has 2 atom stereocenters. The molecule has 0 unspecified atom stereocenters. The van der Waals surface area contributed by atoms with Gasteiger partial charge in [0.05, 0.1) is 24.7 Å². The Morgan fingerprint density at radius 3 is 2.36 bits per heavy atom. The lowest BCUT2D eigenvalue weighted by atomic mass is 9.97. The van der Waals surface area contributed by atoms with Gasteiger partial charge >= 0.3 is 12.4 Å². The Morgan fingerprint density at radius 1 is 1.12 bits per heavy atom. The molecular formula is C25H24F8N6O3. The topological polar surface area (TPSA) is 126 Å². The van der Waals surface area contributed by atoms with E-state index < -0.39 is 67.3 Å². The largest absolute Gasteiger partial charge is 0.426 e. The minimum absolute atomic E-state index is 0.0275. The normalized spacial score (nSPS) is 18.1. The summed E-state index contributed by atoms with van der Waals surface area (Å²) < 4.78 is 109. The first-order chi connectivity index (χ1) is 19.4. The number of alkyl halides is 7. The van der Waals surface area contributed by atoms with Crippen LogP contribution >= 0.6 is 0 Å². The molecular weight excluding hydrogens is 584 g/mol. The molecule has 1 aliphatic rings. The van der Waals surface area contributed by atoms with E-state index >= 15 is 4.39 Å². The van der Waals surface area contributed by atoms with Crippen molar-refractivity contribution in [1.82, 2.24) is 24.8 Å². The van der Waals surface area contributed by atoms with Crippen LogP contribution in [-0.4, -0.2) is 79.7 Å². The Morgan fingerprint density at radius 2 is 1.76 bits per heavy atom. The summed E-state index contributed by atoms with van der Waals surface area (Å²) in [5, 5.41) is 15.7.